The number of carbonyl (C=O) groups is 1. The fourth-order valence-corrected chi connectivity index (χ4v) is 1.90. The first kappa shape index (κ1) is 12.2. The maximum atomic E-state index is 11.4. The summed E-state index contributed by atoms with van der Waals surface area (Å²) in [6.45, 7) is 3.34. The van der Waals surface area contributed by atoms with Gasteiger partial charge in [0.2, 0.25) is 5.91 Å². The SMILES string of the molecule is C/C=C/CCNCC(=O)NC1CCCC1. The lowest BCUT2D eigenvalue weighted by atomic mass is 10.2. The van der Waals surface area contributed by atoms with E-state index in [1.165, 1.54) is 12.8 Å². The molecule has 1 saturated carbocycles. The number of hydrogen-bond donors (Lipinski definition) is 2. The van der Waals surface area contributed by atoms with Crippen LogP contribution in [0.5, 0.6) is 0 Å². The van der Waals surface area contributed by atoms with Crippen LogP contribution in [0.1, 0.15) is 39.0 Å². The Hall–Kier alpha value is -0.830. The van der Waals surface area contributed by atoms with E-state index in [4.69, 9.17) is 0 Å². The molecule has 0 saturated heterocycles. The largest absolute Gasteiger partial charge is 0.352 e. The van der Waals surface area contributed by atoms with Crippen LogP contribution in [0.3, 0.4) is 0 Å². The minimum Gasteiger partial charge on any atom is -0.352 e. The van der Waals surface area contributed by atoms with Crippen molar-refractivity contribution in [2.45, 2.75) is 45.1 Å². The molecule has 0 unspecified atom stereocenters. The molecule has 1 fully saturated rings. The van der Waals surface area contributed by atoms with E-state index in [-0.39, 0.29) is 5.91 Å². The van der Waals surface area contributed by atoms with Crippen molar-refractivity contribution in [1.82, 2.24) is 10.6 Å². The molecule has 0 bridgehead atoms. The topological polar surface area (TPSA) is 41.1 Å². The molecule has 0 aliphatic heterocycles. The Labute approximate surface area is 92.3 Å². The lowest BCUT2D eigenvalue weighted by Gasteiger charge is -2.11. The molecular formula is C12H22N2O. The minimum atomic E-state index is 0.141. The van der Waals surface area contributed by atoms with Gasteiger partial charge in [0.05, 0.1) is 6.54 Å². The first-order chi connectivity index (χ1) is 7.33. The van der Waals surface area contributed by atoms with E-state index in [1.54, 1.807) is 0 Å². The molecule has 0 aromatic rings. The van der Waals surface area contributed by atoms with E-state index < -0.39 is 0 Å². The zero-order valence-corrected chi connectivity index (χ0v) is 9.59. The molecular weight excluding hydrogens is 188 g/mol. The summed E-state index contributed by atoms with van der Waals surface area (Å²) in [4.78, 5) is 11.4. The molecule has 0 aromatic heterocycles. The summed E-state index contributed by atoms with van der Waals surface area (Å²) in [5.41, 5.74) is 0. The van der Waals surface area contributed by atoms with Gasteiger partial charge in [0.25, 0.3) is 0 Å². The van der Waals surface area contributed by atoms with Gasteiger partial charge in [-0.05, 0) is 32.7 Å². The third-order valence-electron chi connectivity index (χ3n) is 2.73. The summed E-state index contributed by atoms with van der Waals surface area (Å²) in [6.07, 6.45) is 9.96. The Bertz CT molecular complexity index is 208. The standard InChI is InChI=1S/C12H22N2O/c1-2-3-6-9-13-10-12(15)14-11-7-4-5-8-11/h2-3,11,13H,4-10H2,1H3,(H,14,15)/b3-2+. The van der Waals surface area contributed by atoms with Crippen LogP contribution < -0.4 is 10.6 Å². The van der Waals surface area contributed by atoms with E-state index in [9.17, 15) is 4.79 Å². The van der Waals surface area contributed by atoms with Crippen LogP contribution in [-0.2, 0) is 4.79 Å². The van der Waals surface area contributed by atoms with Crippen molar-refractivity contribution in [2.75, 3.05) is 13.1 Å². The van der Waals surface area contributed by atoms with Crippen molar-refractivity contribution in [3.63, 3.8) is 0 Å². The summed E-state index contributed by atoms with van der Waals surface area (Å²) >= 11 is 0. The van der Waals surface area contributed by atoms with Crippen molar-refractivity contribution in [3.8, 4) is 0 Å². The van der Waals surface area contributed by atoms with Crippen molar-refractivity contribution in [3.05, 3.63) is 12.2 Å². The van der Waals surface area contributed by atoms with Gasteiger partial charge in [0.15, 0.2) is 0 Å². The zero-order valence-electron chi connectivity index (χ0n) is 9.59. The molecule has 0 atom stereocenters. The number of amides is 1. The molecule has 15 heavy (non-hydrogen) atoms. The highest BCUT2D eigenvalue weighted by Crippen LogP contribution is 2.17. The van der Waals surface area contributed by atoms with E-state index in [0.717, 1.165) is 25.8 Å². The summed E-state index contributed by atoms with van der Waals surface area (Å²) in [5, 5.41) is 6.18. The molecule has 0 radical (unpaired) electrons. The predicted octanol–water partition coefficient (Wildman–Crippen LogP) is 1.60. The van der Waals surface area contributed by atoms with E-state index in [1.807, 2.05) is 13.0 Å². The molecule has 0 spiro atoms. The summed E-state index contributed by atoms with van der Waals surface area (Å²) in [7, 11) is 0. The highest BCUT2D eigenvalue weighted by molar-refractivity contribution is 5.78. The number of hydrogen-bond acceptors (Lipinski definition) is 2. The Morgan fingerprint density at radius 3 is 2.80 bits per heavy atom. The lowest BCUT2D eigenvalue weighted by Crippen LogP contribution is -2.39. The van der Waals surface area contributed by atoms with Crippen molar-refractivity contribution >= 4 is 5.91 Å². The lowest BCUT2D eigenvalue weighted by molar-refractivity contribution is -0.120. The Morgan fingerprint density at radius 2 is 2.13 bits per heavy atom. The van der Waals surface area contributed by atoms with Crippen LogP contribution in [0.4, 0.5) is 0 Å². The van der Waals surface area contributed by atoms with Gasteiger partial charge in [0, 0.05) is 6.04 Å². The molecule has 3 nitrogen and oxygen atoms in total. The van der Waals surface area contributed by atoms with Gasteiger partial charge in [-0.15, -0.1) is 0 Å². The van der Waals surface area contributed by atoms with Crippen LogP contribution in [0, 0.1) is 0 Å². The molecule has 2 N–H and O–H groups in total. The van der Waals surface area contributed by atoms with E-state index in [2.05, 4.69) is 16.7 Å². The van der Waals surface area contributed by atoms with Crippen LogP contribution in [-0.4, -0.2) is 25.0 Å². The number of carbonyl (C=O) groups excluding carboxylic acids is 1. The molecule has 0 aromatic carbocycles. The second kappa shape index (κ2) is 7.46. The average Bonchev–Trinajstić information content (AvgIpc) is 2.70. The molecule has 3 heteroatoms. The molecule has 1 rings (SSSR count). The minimum absolute atomic E-state index is 0.141. The Morgan fingerprint density at radius 1 is 1.40 bits per heavy atom. The van der Waals surface area contributed by atoms with Gasteiger partial charge in [0.1, 0.15) is 0 Å². The fraction of sp³-hybridized carbons (Fsp3) is 0.750. The van der Waals surface area contributed by atoms with Crippen molar-refractivity contribution in [1.29, 1.82) is 0 Å². The van der Waals surface area contributed by atoms with E-state index >= 15 is 0 Å². The van der Waals surface area contributed by atoms with Gasteiger partial charge in [-0.1, -0.05) is 25.0 Å². The number of allylic oxidation sites excluding steroid dienone is 1. The summed E-state index contributed by atoms with van der Waals surface area (Å²) < 4.78 is 0. The van der Waals surface area contributed by atoms with Crippen LogP contribution in [0.2, 0.25) is 0 Å². The van der Waals surface area contributed by atoms with Gasteiger partial charge in [-0.3, -0.25) is 4.79 Å². The average molecular weight is 210 g/mol. The predicted molar refractivity (Wildman–Crippen MR) is 62.7 cm³/mol. The van der Waals surface area contributed by atoms with Crippen LogP contribution >= 0.6 is 0 Å². The first-order valence-electron chi connectivity index (χ1n) is 5.94. The van der Waals surface area contributed by atoms with Gasteiger partial charge >= 0.3 is 0 Å². The zero-order chi connectivity index (χ0) is 10.9. The highest BCUT2D eigenvalue weighted by Gasteiger charge is 2.16. The molecule has 86 valence electrons. The number of nitrogens with one attached hydrogen (secondary N) is 2. The third-order valence-corrected chi connectivity index (χ3v) is 2.73. The Balaban J connectivity index is 1.98. The molecule has 0 heterocycles. The molecule has 1 aliphatic carbocycles. The highest BCUT2D eigenvalue weighted by atomic mass is 16.1. The summed E-state index contributed by atoms with van der Waals surface area (Å²) in [5.74, 6) is 0.141. The second-order valence-corrected chi connectivity index (χ2v) is 4.08. The van der Waals surface area contributed by atoms with Gasteiger partial charge < -0.3 is 10.6 Å². The Kier molecular flexibility index (Phi) is 6.09. The third kappa shape index (κ3) is 5.57. The molecule has 1 amide bonds. The molecule has 1 aliphatic rings. The van der Waals surface area contributed by atoms with Gasteiger partial charge in [-0.2, -0.15) is 0 Å². The summed E-state index contributed by atoms with van der Waals surface area (Å²) in [6, 6.07) is 0.440. The maximum Gasteiger partial charge on any atom is 0.234 e. The quantitative estimate of drug-likeness (QED) is 0.516. The van der Waals surface area contributed by atoms with E-state index in [0.29, 0.717) is 12.6 Å². The van der Waals surface area contributed by atoms with Crippen LogP contribution in [0.15, 0.2) is 12.2 Å². The monoisotopic (exact) mass is 210 g/mol. The smallest absolute Gasteiger partial charge is 0.234 e. The van der Waals surface area contributed by atoms with Crippen LogP contribution in [0.25, 0.3) is 0 Å². The van der Waals surface area contributed by atoms with Crippen molar-refractivity contribution in [2.24, 2.45) is 0 Å². The van der Waals surface area contributed by atoms with Gasteiger partial charge in [-0.25, -0.2) is 0 Å². The second-order valence-electron chi connectivity index (χ2n) is 4.08. The fourth-order valence-electron chi connectivity index (χ4n) is 1.90. The van der Waals surface area contributed by atoms with Crippen molar-refractivity contribution < 1.29 is 4.79 Å². The first-order valence-corrected chi connectivity index (χ1v) is 5.94. The number of rotatable bonds is 6. The maximum absolute atomic E-state index is 11.4. The normalized spacial score (nSPS) is 17.4.